The number of hydrogen-bond donors (Lipinski definition) is 1. The zero-order chi connectivity index (χ0) is 18.0. The summed E-state index contributed by atoms with van der Waals surface area (Å²) in [5, 5.41) is 13.8. The molecule has 2 aliphatic heterocycles. The van der Waals surface area contributed by atoms with Gasteiger partial charge in [0.1, 0.15) is 0 Å². The van der Waals surface area contributed by atoms with Crippen LogP contribution < -0.4 is 0 Å². The summed E-state index contributed by atoms with van der Waals surface area (Å²) in [7, 11) is 0. The van der Waals surface area contributed by atoms with Gasteiger partial charge in [-0.15, -0.1) is 0 Å². The summed E-state index contributed by atoms with van der Waals surface area (Å²) in [6.07, 6.45) is 3.86. The molecular weight excluding hydrogens is 316 g/mol. The SMILES string of the molecule is CCCN1C(=O)CC[C@H]2CN(Cc3c(C)nn(CCO)c3C)CC[C@H]21. The van der Waals surface area contributed by atoms with Gasteiger partial charge < -0.3 is 10.0 Å². The molecule has 25 heavy (non-hydrogen) atoms. The van der Waals surface area contributed by atoms with Gasteiger partial charge in [-0.3, -0.25) is 14.4 Å². The van der Waals surface area contributed by atoms with Crippen molar-refractivity contribution in [2.45, 2.75) is 65.6 Å². The van der Waals surface area contributed by atoms with Crippen LogP contribution >= 0.6 is 0 Å². The number of carbonyl (C=O) groups is 1. The first-order valence-electron chi connectivity index (χ1n) is 9.70. The largest absolute Gasteiger partial charge is 0.394 e. The van der Waals surface area contributed by atoms with E-state index in [4.69, 9.17) is 0 Å². The van der Waals surface area contributed by atoms with E-state index in [9.17, 15) is 9.90 Å². The van der Waals surface area contributed by atoms with Crippen LogP contribution in [0.5, 0.6) is 0 Å². The summed E-state index contributed by atoms with van der Waals surface area (Å²) in [5.41, 5.74) is 3.53. The lowest BCUT2D eigenvalue weighted by molar-refractivity contribution is -0.141. The van der Waals surface area contributed by atoms with E-state index < -0.39 is 0 Å². The Morgan fingerprint density at radius 3 is 2.76 bits per heavy atom. The Bertz CT molecular complexity index is 613. The fraction of sp³-hybridized carbons (Fsp3) is 0.789. The summed E-state index contributed by atoms with van der Waals surface area (Å²) in [6, 6.07) is 0.441. The number of likely N-dealkylation sites (tertiary alicyclic amines) is 2. The average Bonchev–Trinajstić information content (AvgIpc) is 2.85. The van der Waals surface area contributed by atoms with E-state index in [1.165, 1.54) is 11.3 Å². The molecule has 6 nitrogen and oxygen atoms in total. The highest BCUT2D eigenvalue weighted by Gasteiger charge is 2.38. The van der Waals surface area contributed by atoms with Gasteiger partial charge in [-0.2, -0.15) is 5.10 Å². The van der Waals surface area contributed by atoms with Crippen LogP contribution in [0.25, 0.3) is 0 Å². The molecule has 1 aromatic heterocycles. The molecule has 0 bridgehead atoms. The quantitative estimate of drug-likeness (QED) is 0.850. The highest BCUT2D eigenvalue weighted by molar-refractivity contribution is 5.77. The number of aliphatic hydroxyl groups is 1. The fourth-order valence-electron chi connectivity index (χ4n) is 4.60. The van der Waals surface area contributed by atoms with Crippen LogP contribution in [0.2, 0.25) is 0 Å². The standard InChI is InChI=1S/C19H32N4O2/c1-4-8-22-18-7-9-21(12-16(18)5-6-19(22)25)13-17-14(2)20-23(10-11-24)15(17)3/h16,18,24H,4-13H2,1-3H3/t16-,18+/m0/s1. The van der Waals surface area contributed by atoms with Crippen LogP contribution in [0, 0.1) is 19.8 Å². The number of aromatic nitrogens is 2. The van der Waals surface area contributed by atoms with E-state index in [2.05, 4.69) is 35.7 Å². The van der Waals surface area contributed by atoms with Crippen molar-refractivity contribution in [3.8, 4) is 0 Å². The molecule has 2 fully saturated rings. The highest BCUT2D eigenvalue weighted by Crippen LogP contribution is 2.32. The Morgan fingerprint density at radius 1 is 1.24 bits per heavy atom. The number of fused-ring (bicyclic) bond motifs is 1. The third kappa shape index (κ3) is 3.75. The maximum Gasteiger partial charge on any atom is 0.222 e. The Balaban J connectivity index is 1.67. The number of rotatable bonds is 6. The normalized spacial score (nSPS) is 24.6. The predicted molar refractivity (Wildman–Crippen MR) is 97.2 cm³/mol. The number of piperidine rings is 2. The van der Waals surface area contributed by atoms with Gasteiger partial charge in [-0.25, -0.2) is 0 Å². The number of nitrogens with zero attached hydrogens (tertiary/aromatic N) is 4. The molecular formula is C19H32N4O2. The van der Waals surface area contributed by atoms with Crippen molar-refractivity contribution in [2.24, 2.45) is 5.92 Å². The van der Waals surface area contributed by atoms with Crippen LogP contribution in [0.4, 0.5) is 0 Å². The molecule has 3 rings (SSSR count). The molecule has 0 unspecified atom stereocenters. The third-order valence-electron chi connectivity index (χ3n) is 5.92. The first-order chi connectivity index (χ1) is 12.0. The van der Waals surface area contributed by atoms with Crippen LogP contribution in [-0.4, -0.2) is 62.9 Å². The van der Waals surface area contributed by atoms with Gasteiger partial charge in [-0.1, -0.05) is 6.92 Å². The minimum Gasteiger partial charge on any atom is -0.394 e. The molecule has 0 aromatic carbocycles. The second-order valence-electron chi connectivity index (χ2n) is 7.57. The smallest absolute Gasteiger partial charge is 0.222 e. The lowest BCUT2D eigenvalue weighted by Gasteiger charge is -2.47. The highest BCUT2D eigenvalue weighted by atomic mass is 16.3. The molecule has 0 saturated carbocycles. The molecule has 0 radical (unpaired) electrons. The number of hydrogen-bond acceptors (Lipinski definition) is 4. The molecule has 6 heteroatoms. The van der Waals surface area contributed by atoms with E-state index in [-0.39, 0.29) is 6.61 Å². The van der Waals surface area contributed by atoms with E-state index in [0.29, 0.717) is 30.8 Å². The van der Waals surface area contributed by atoms with E-state index >= 15 is 0 Å². The van der Waals surface area contributed by atoms with Gasteiger partial charge in [-0.05, 0) is 39.0 Å². The van der Waals surface area contributed by atoms with Crippen LogP contribution in [0.3, 0.4) is 0 Å². The number of aryl methyl sites for hydroxylation is 1. The van der Waals surface area contributed by atoms with E-state index in [1.807, 2.05) is 4.68 Å². The first kappa shape index (κ1) is 18.4. The van der Waals surface area contributed by atoms with Gasteiger partial charge in [0, 0.05) is 49.9 Å². The van der Waals surface area contributed by atoms with Gasteiger partial charge in [0.15, 0.2) is 0 Å². The third-order valence-corrected chi connectivity index (χ3v) is 5.92. The molecule has 2 atom stereocenters. The minimum absolute atomic E-state index is 0.121. The van der Waals surface area contributed by atoms with Crippen molar-refractivity contribution in [3.63, 3.8) is 0 Å². The van der Waals surface area contributed by atoms with Gasteiger partial charge in [0.05, 0.1) is 18.8 Å². The molecule has 0 aliphatic carbocycles. The van der Waals surface area contributed by atoms with Gasteiger partial charge in [0.25, 0.3) is 0 Å². The second-order valence-corrected chi connectivity index (χ2v) is 7.57. The Morgan fingerprint density at radius 2 is 2.04 bits per heavy atom. The summed E-state index contributed by atoms with van der Waals surface area (Å²) in [4.78, 5) is 16.9. The van der Waals surface area contributed by atoms with Crippen molar-refractivity contribution in [3.05, 3.63) is 17.0 Å². The number of amides is 1. The van der Waals surface area contributed by atoms with Crippen molar-refractivity contribution in [1.82, 2.24) is 19.6 Å². The molecule has 1 N–H and O–H groups in total. The maximum atomic E-state index is 12.2. The van der Waals surface area contributed by atoms with Crippen molar-refractivity contribution in [1.29, 1.82) is 0 Å². The maximum absolute atomic E-state index is 12.2. The fourth-order valence-corrected chi connectivity index (χ4v) is 4.60. The monoisotopic (exact) mass is 348 g/mol. The zero-order valence-corrected chi connectivity index (χ0v) is 15.9. The number of aliphatic hydroxyl groups excluding tert-OH is 1. The topological polar surface area (TPSA) is 61.6 Å². The predicted octanol–water partition coefficient (Wildman–Crippen LogP) is 1.72. The van der Waals surface area contributed by atoms with Crippen LogP contribution in [0.15, 0.2) is 0 Å². The molecule has 2 saturated heterocycles. The number of carbonyl (C=O) groups excluding carboxylic acids is 1. The Hall–Kier alpha value is -1.40. The van der Waals surface area contributed by atoms with E-state index in [1.54, 1.807) is 0 Å². The summed E-state index contributed by atoms with van der Waals surface area (Å²) >= 11 is 0. The summed E-state index contributed by atoms with van der Waals surface area (Å²) < 4.78 is 1.92. The first-order valence-corrected chi connectivity index (χ1v) is 9.70. The molecule has 3 heterocycles. The second kappa shape index (κ2) is 7.87. The minimum atomic E-state index is 0.121. The Kier molecular flexibility index (Phi) is 5.79. The summed E-state index contributed by atoms with van der Waals surface area (Å²) in [6.45, 7) is 10.9. The Labute approximate surface area is 150 Å². The average molecular weight is 348 g/mol. The molecule has 140 valence electrons. The van der Waals surface area contributed by atoms with Crippen molar-refractivity contribution in [2.75, 3.05) is 26.2 Å². The summed E-state index contributed by atoms with van der Waals surface area (Å²) in [5.74, 6) is 0.958. The van der Waals surface area contributed by atoms with Crippen LogP contribution in [0.1, 0.15) is 49.6 Å². The van der Waals surface area contributed by atoms with Crippen LogP contribution in [-0.2, 0) is 17.9 Å². The van der Waals surface area contributed by atoms with Crippen molar-refractivity contribution >= 4 is 5.91 Å². The van der Waals surface area contributed by atoms with Crippen molar-refractivity contribution < 1.29 is 9.90 Å². The molecule has 1 aromatic rings. The lowest BCUT2D eigenvalue weighted by atomic mass is 9.83. The van der Waals surface area contributed by atoms with Gasteiger partial charge in [0.2, 0.25) is 5.91 Å². The molecule has 0 spiro atoms. The van der Waals surface area contributed by atoms with E-state index in [0.717, 1.165) is 51.1 Å². The zero-order valence-electron chi connectivity index (χ0n) is 15.9. The van der Waals surface area contributed by atoms with Gasteiger partial charge >= 0.3 is 0 Å². The molecule has 2 aliphatic rings. The lowest BCUT2D eigenvalue weighted by Crippen LogP contribution is -2.55. The molecule has 1 amide bonds.